The van der Waals surface area contributed by atoms with Crippen molar-refractivity contribution in [2.45, 2.75) is 33.4 Å². The number of carbonyl (C=O) groups excluding carboxylic acids is 1. The summed E-state index contributed by atoms with van der Waals surface area (Å²) in [5, 5.41) is 14.8. The number of amides is 1. The van der Waals surface area contributed by atoms with E-state index in [1.54, 1.807) is 13.8 Å². The molecule has 0 saturated carbocycles. The van der Waals surface area contributed by atoms with E-state index in [0.29, 0.717) is 18.7 Å². The van der Waals surface area contributed by atoms with Crippen LogP contribution in [0.25, 0.3) is 10.9 Å². The number of aromatic nitrogens is 3. The number of halogens is 2. The molecule has 1 aromatic carbocycles. The number of hydrogen-bond acceptors (Lipinski definition) is 6. The molecule has 0 fully saturated rings. The third-order valence-electron chi connectivity index (χ3n) is 5.82. The van der Waals surface area contributed by atoms with E-state index in [4.69, 9.17) is 11.6 Å². The van der Waals surface area contributed by atoms with Crippen molar-refractivity contribution in [2.75, 3.05) is 23.6 Å². The van der Waals surface area contributed by atoms with E-state index in [1.807, 2.05) is 0 Å². The average molecular weight is 512 g/mol. The molecule has 0 aliphatic carbocycles. The highest BCUT2D eigenvalue weighted by molar-refractivity contribution is 7.92. The molecule has 3 aromatic rings. The van der Waals surface area contributed by atoms with Crippen LogP contribution in [0.15, 0.2) is 23.0 Å². The van der Waals surface area contributed by atoms with E-state index in [2.05, 4.69) is 9.82 Å². The van der Waals surface area contributed by atoms with Crippen LogP contribution in [0.5, 0.6) is 5.75 Å². The van der Waals surface area contributed by atoms with Gasteiger partial charge in [0.25, 0.3) is 11.5 Å². The van der Waals surface area contributed by atoms with E-state index < -0.39 is 33.1 Å². The van der Waals surface area contributed by atoms with Gasteiger partial charge in [-0.05, 0) is 38.5 Å². The Hall–Kier alpha value is -3.12. The van der Waals surface area contributed by atoms with Gasteiger partial charge in [0.2, 0.25) is 10.0 Å². The summed E-state index contributed by atoms with van der Waals surface area (Å²) in [6.45, 7) is 5.55. The van der Waals surface area contributed by atoms with E-state index in [9.17, 15) is 27.5 Å². The van der Waals surface area contributed by atoms with Crippen molar-refractivity contribution in [1.82, 2.24) is 19.2 Å². The number of benzene rings is 1. The molecular weight excluding hydrogens is 489 g/mol. The molecule has 34 heavy (non-hydrogen) atoms. The standard InChI is InChI=1S/C21H23ClFN5O5S/c1-4-26-9-11(3)28-16-15(18(29)17(28)21(26)31)20(30)27(24-19(16)25-34(32,33)5-2)10-12-6-7-14(23)13(22)8-12/h6-8,11,29H,4-5,9-10H2,1-3H3,(H,24,25). The number of likely N-dealkylation sites (N-methyl/N-ethyl adjacent to an activating group) is 1. The number of fused-ring (bicyclic) bond motifs is 3. The van der Waals surface area contributed by atoms with Crippen LogP contribution in [-0.2, 0) is 16.6 Å². The number of sulfonamides is 1. The quantitative estimate of drug-likeness (QED) is 0.523. The van der Waals surface area contributed by atoms with Crippen LogP contribution in [0.1, 0.15) is 42.9 Å². The SMILES string of the molecule is CCN1CC(C)n2c(c(O)c3c(=O)n(Cc4ccc(F)c(Cl)c4)nc(NS(=O)(=O)CC)c32)C1=O. The van der Waals surface area contributed by atoms with Crippen LogP contribution in [0.3, 0.4) is 0 Å². The maximum atomic E-state index is 13.6. The average Bonchev–Trinajstić information content (AvgIpc) is 3.10. The van der Waals surface area contributed by atoms with E-state index in [-0.39, 0.29) is 45.8 Å². The molecule has 1 amide bonds. The third-order valence-corrected chi connectivity index (χ3v) is 7.37. The van der Waals surface area contributed by atoms with Crippen molar-refractivity contribution in [3.8, 4) is 5.75 Å². The molecule has 2 aromatic heterocycles. The molecule has 1 aliphatic rings. The Bertz CT molecular complexity index is 1480. The minimum absolute atomic E-state index is 0.0273. The minimum atomic E-state index is -3.83. The molecular formula is C21H23ClFN5O5S. The van der Waals surface area contributed by atoms with Gasteiger partial charge in [0.05, 0.1) is 17.3 Å². The fourth-order valence-corrected chi connectivity index (χ4v) is 4.89. The first-order chi connectivity index (χ1) is 16.0. The summed E-state index contributed by atoms with van der Waals surface area (Å²) in [4.78, 5) is 27.9. The lowest BCUT2D eigenvalue weighted by atomic mass is 10.2. The Morgan fingerprint density at radius 1 is 1.29 bits per heavy atom. The summed E-state index contributed by atoms with van der Waals surface area (Å²) >= 11 is 5.85. The molecule has 0 saturated heterocycles. The monoisotopic (exact) mass is 511 g/mol. The molecule has 4 rings (SSSR count). The molecule has 2 N–H and O–H groups in total. The largest absolute Gasteiger partial charge is 0.505 e. The summed E-state index contributed by atoms with van der Waals surface area (Å²) in [7, 11) is -3.83. The first-order valence-electron chi connectivity index (χ1n) is 10.6. The number of rotatable bonds is 6. The van der Waals surface area contributed by atoms with Crippen LogP contribution in [0.4, 0.5) is 10.2 Å². The maximum Gasteiger partial charge on any atom is 0.280 e. The lowest BCUT2D eigenvalue weighted by Gasteiger charge is -2.32. The normalized spacial score (nSPS) is 16.2. The summed E-state index contributed by atoms with van der Waals surface area (Å²) in [5.41, 5.74) is -0.388. The van der Waals surface area contributed by atoms with E-state index in [0.717, 1.165) is 10.7 Å². The van der Waals surface area contributed by atoms with Gasteiger partial charge in [-0.15, -0.1) is 5.10 Å². The van der Waals surface area contributed by atoms with Gasteiger partial charge in [-0.1, -0.05) is 17.7 Å². The first-order valence-corrected chi connectivity index (χ1v) is 12.6. The van der Waals surface area contributed by atoms with Crippen LogP contribution in [0.2, 0.25) is 5.02 Å². The summed E-state index contributed by atoms with van der Waals surface area (Å²) < 4.78 is 43.2. The van der Waals surface area contributed by atoms with Gasteiger partial charge in [-0.2, -0.15) is 0 Å². The Morgan fingerprint density at radius 3 is 2.62 bits per heavy atom. The predicted molar refractivity (Wildman–Crippen MR) is 126 cm³/mol. The van der Waals surface area contributed by atoms with Crippen molar-refractivity contribution in [3.05, 3.63) is 50.7 Å². The van der Waals surface area contributed by atoms with Gasteiger partial charge in [-0.25, -0.2) is 17.5 Å². The van der Waals surface area contributed by atoms with Crippen molar-refractivity contribution < 1.29 is 22.7 Å². The number of anilines is 1. The fourth-order valence-electron chi connectivity index (χ4n) is 4.11. The lowest BCUT2D eigenvalue weighted by Crippen LogP contribution is -2.41. The third kappa shape index (κ3) is 3.90. The zero-order chi connectivity index (χ0) is 24.9. The van der Waals surface area contributed by atoms with Gasteiger partial charge in [-0.3, -0.25) is 14.3 Å². The number of aromatic hydroxyl groups is 1. The second kappa shape index (κ2) is 8.58. The van der Waals surface area contributed by atoms with E-state index in [1.165, 1.54) is 28.5 Å². The molecule has 10 nitrogen and oxygen atoms in total. The number of nitrogens with one attached hydrogen (secondary N) is 1. The van der Waals surface area contributed by atoms with Crippen molar-refractivity contribution >= 4 is 44.3 Å². The molecule has 0 bridgehead atoms. The fraction of sp³-hybridized carbons (Fsp3) is 0.381. The second-order valence-corrected chi connectivity index (χ2v) is 10.5. The Balaban J connectivity index is 2.02. The van der Waals surface area contributed by atoms with Crippen molar-refractivity contribution in [2.24, 2.45) is 0 Å². The molecule has 13 heteroatoms. The van der Waals surface area contributed by atoms with Gasteiger partial charge in [0.15, 0.2) is 17.3 Å². The maximum absolute atomic E-state index is 13.6. The predicted octanol–water partition coefficient (Wildman–Crippen LogP) is 2.54. The zero-order valence-electron chi connectivity index (χ0n) is 18.7. The van der Waals surface area contributed by atoms with Crippen LogP contribution >= 0.6 is 11.6 Å². The Morgan fingerprint density at radius 2 is 2.00 bits per heavy atom. The van der Waals surface area contributed by atoms with Gasteiger partial charge in [0.1, 0.15) is 16.7 Å². The molecule has 0 radical (unpaired) electrons. The summed E-state index contributed by atoms with van der Waals surface area (Å²) in [6.07, 6.45) is 0. The molecule has 182 valence electrons. The zero-order valence-corrected chi connectivity index (χ0v) is 20.2. The van der Waals surface area contributed by atoms with Crippen LogP contribution in [-0.4, -0.2) is 57.5 Å². The lowest BCUT2D eigenvalue weighted by molar-refractivity contribution is 0.0686. The smallest absolute Gasteiger partial charge is 0.280 e. The summed E-state index contributed by atoms with van der Waals surface area (Å²) in [5.74, 6) is -2.12. The van der Waals surface area contributed by atoms with E-state index >= 15 is 0 Å². The summed E-state index contributed by atoms with van der Waals surface area (Å²) in [6, 6.07) is 3.50. The van der Waals surface area contributed by atoms with Gasteiger partial charge in [0, 0.05) is 19.1 Å². The topological polar surface area (TPSA) is 127 Å². The highest BCUT2D eigenvalue weighted by Crippen LogP contribution is 2.39. The Kier molecular flexibility index (Phi) is 6.06. The van der Waals surface area contributed by atoms with Crippen LogP contribution < -0.4 is 10.3 Å². The van der Waals surface area contributed by atoms with Gasteiger partial charge < -0.3 is 14.6 Å². The molecule has 1 atom stereocenters. The van der Waals surface area contributed by atoms with Gasteiger partial charge >= 0.3 is 0 Å². The molecule has 1 unspecified atom stereocenters. The second-order valence-electron chi connectivity index (χ2n) is 8.05. The van der Waals surface area contributed by atoms with Crippen molar-refractivity contribution in [3.63, 3.8) is 0 Å². The highest BCUT2D eigenvalue weighted by Gasteiger charge is 2.37. The first kappa shape index (κ1) is 24.0. The number of nitrogens with zero attached hydrogens (tertiary/aromatic N) is 4. The Labute approximate surface area is 199 Å². The minimum Gasteiger partial charge on any atom is -0.505 e. The molecule has 3 heterocycles. The van der Waals surface area contributed by atoms with Crippen LogP contribution in [0, 0.1) is 5.82 Å². The molecule has 0 spiro atoms. The molecule has 1 aliphatic heterocycles. The number of carbonyl (C=O) groups is 1. The van der Waals surface area contributed by atoms with Crippen molar-refractivity contribution in [1.29, 1.82) is 0 Å². The highest BCUT2D eigenvalue weighted by atomic mass is 35.5. The number of hydrogen-bond donors (Lipinski definition) is 2.